The first-order valence-electron chi connectivity index (χ1n) is 7.85. The SMILES string of the molecule is CN(Cc1ccccc1Cl)C(=O)c1cn(-c2ccccc2C(F)(F)F)nn1. The van der Waals surface area contributed by atoms with Crippen molar-refractivity contribution in [1.29, 1.82) is 0 Å². The van der Waals surface area contributed by atoms with Crippen molar-refractivity contribution in [2.45, 2.75) is 12.7 Å². The molecule has 3 aromatic rings. The molecule has 0 unspecified atom stereocenters. The van der Waals surface area contributed by atoms with Gasteiger partial charge in [-0.1, -0.05) is 47.1 Å². The number of hydrogen-bond acceptors (Lipinski definition) is 3. The smallest absolute Gasteiger partial charge is 0.336 e. The summed E-state index contributed by atoms with van der Waals surface area (Å²) in [4.78, 5) is 13.9. The van der Waals surface area contributed by atoms with Crippen molar-refractivity contribution in [3.63, 3.8) is 0 Å². The number of rotatable bonds is 4. The van der Waals surface area contributed by atoms with E-state index in [1.807, 2.05) is 0 Å². The van der Waals surface area contributed by atoms with Crippen LogP contribution in [0.25, 0.3) is 5.69 Å². The highest BCUT2D eigenvalue weighted by Crippen LogP contribution is 2.33. The highest BCUT2D eigenvalue weighted by molar-refractivity contribution is 6.31. The Balaban J connectivity index is 1.84. The Morgan fingerprint density at radius 3 is 2.52 bits per heavy atom. The van der Waals surface area contributed by atoms with Gasteiger partial charge in [0.25, 0.3) is 5.91 Å². The number of amides is 1. The van der Waals surface area contributed by atoms with Gasteiger partial charge in [0, 0.05) is 18.6 Å². The summed E-state index contributed by atoms with van der Waals surface area (Å²) in [5, 5.41) is 7.92. The highest BCUT2D eigenvalue weighted by Gasteiger charge is 2.34. The molecule has 140 valence electrons. The van der Waals surface area contributed by atoms with Crippen molar-refractivity contribution in [1.82, 2.24) is 19.9 Å². The van der Waals surface area contributed by atoms with Gasteiger partial charge in [0.05, 0.1) is 17.4 Å². The van der Waals surface area contributed by atoms with Gasteiger partial charge in [-0.25, -0.2) is 4.68 Å². The minimum Gasteiger partial charge on any atom is -0.336 e. The summed E-state index contributed by atoms with van der Waals surface area (Å²) in [5.41, 5.74) is -0.394. The predicted molar refractivity (Wildman–Crippen MR) is 93.6 cm³/mol. The molecule has 1 aromatic heterocycles. The normalized spacial score (nSPS) is 11.4. The molecule has 2 aromatic carbocycles. The number of halogens is 4. The van der Waals surface area contributed by atoms with Crippen LogP contribution in [0.5, 0.6) is 0 Å². The zero-order valence-corrected chi connectivity index (χ0v) is 14.9. The first kappa shape index (κ1) is 18.9. The molecule has 1 amide bonds. The van der Waals surface area contributed by atoms with E-state index in [1.54, 1.807) is 31.3 Å². The minimum absolute atomic E-state index is 0.0680. The van der Waals surface area contributed by atoms with E-state index in [9.17, 15) is 18.0 Å². The summed E-state index contributed by atoms with van der Waals surface area (Å²) < 4.78 is 40.4. The van der Waals surface area contributed by atoms with Gasteiger partial charge in [0.2, 0.25) is 0 Å². The summed E-state index contributed by atoms with van der Waals surface area (Å²) in [6.07, 6.45) is -3.37. The van der Waals surface area contributed by atoms with Crippen LogP contribution < -0.4 is 0 Å². The largest absolute Gasteiger partial charge is 0.418 e. The Bertz CT molecular complexity index is 971. The van der Waals surface area contributed by atoms with Gasteiger partial charge in [-0.15, -0.1) is 5.10 Å². The van der Waals surface area contributed by atoms with Gasteiger partial charge >= 0.3 is 6.18 Å². The molecule has 0 saturated heterocycles. The average Bonchev–Trinajstić information content (AvgIpc) is 3.12. The fourth-order valence-electron chi connectivity index (χ4n) is 2.54. The van der Waals surface area contributed by atoms with E-state index in [4.69, 9.17) is 11.6 Å². The molecule has 0 radical (unpaired) electrons. The van der Waals surface area contributed by atoms with E-state index in [-0.39, 0.29) is 17.9 Å². The maximum absolute atomic E-state index is 13.2. The molecule has 0 aliphatic carbocycles. The Labute approximate surface area is 158 Å². The van der Waals surface area contributed by atoms with E-state index >= 15 is 0 Å². The number of alkyl halides is 3. The zero-order chi connectivity index (χ0) is 19.6. The summed E-state index contributed by atoms with van der Waals surface area (Å²) in [6, 6.07) is 12.0. The second-order valence-corrected chi connectivity index (χ2v) is 6.22. The van der Waals surface area contributed by atoms with Crippen molar-refractivity contribution in [3.8, 4) is 5.69 Å². The third kappa shape index (κ3) is 4.11. The van der Waals surface area contributed by atoms with Gasteiger partial charge in [-0.3, -0.25) is 4.79 Å². The fourth-order valence-corrected chi connectivity index (χ4v) is 2.74. The van der Waals surface area contributed by atoms with Crippen LogP contribution in [0.3, 0.4) is 0 Å². The molecule has 0 aliphatic rings. The molecule has 27 heavy (non-hydrogen) atoms. The van der Waals surface area contributed by atoms with E-state index in [0.717, 1.165) is 16.3 Å². The number of hydrogen-bond donors (Lipinski definition) is 0. The average molecular weight is 395 g/mol. The van der Waals surface area contributed by atoms with Crippen molar-refractivity contribution in [2.24, 2.45) is 0 Å². The molecule has 9 heteroatoms. The van der Waals surface area contributed by atoms with Gasteiger partial charge in [0.1, 0.15) is 0 Å². The van der Waals surface area contributed by atoms with Crippen LogP contribution in [-0.4, -0.2) is 32.8 Å². The predicted octanol–water partition coefficient (Wildman–Crippen LogP) is 4.21. The standard InChI is InChI=1S/C18H14ClF3N4O/c1-25(10-12-6-2-4-8-14(12)19)17(27)15-11-26(24-23-15)16-9-5-3-7-13(16)18(20,21)22/h2-9,11H,10H2,1H3. The molecule has 0 saturated carbocycles. The molecule has 0 N–H and O–H groups in total. The number of aromatic nitrogens is 3. The molecular formula is C18H14ClF3N4O. The van der Waals surface area contributed by atoms with Gasteiger partial charge < -0.3 is 4.90 Å². The van der Waals surface area contributed by atoms with E-state index < -0.39 is 17.6 Å². The monoisotopic (exact) mass is 394 g/mol. The lowest BCUT2D eigenvalue weighted by Gasteiger charge is -2.16. The summed E-state index contributed by atoms with van der Waals surface area (Å²) in [6.45, 7) is 0.227. The lowest BCUT2D eigenvalue weighted by atomic mass is 10.1. The maximum Gasteiger partial charge on any atom is 0.418 e. The van der Waals surface area contributed by atoms with Crippen LogP contribution in [0, 0.1) is 0 Å². The molecule has 0 spiro atoms. The van der Waals surface area contributed by atoms with Gasteiger partial charge in [-0.2, -0.15) is 13.2 Å². The Morgan fingerprint density at radius 1 is 1.15 bits per heavy atom. The molecule has 0 bridgehead atoms. The summed E-state index contributed by atoms with van der Waals surface area (Å²) >= 11 is 6.09. The van der Waals surface area contributed by atoms with Crippen LogP contribution in [0.15, 0.2) is 54.7 Å². The van der Waals surface area contributed by atoms with E-state index in [1.165, 1.54) is 29.3 Å². The van der Waals surface area contributed by atoms with E-state index in [2.05, 4.69) is 10.3 Å². The van der Waals surface area contributed by atoms with Crippen LogP contribution in [0.1, 0.15) is 21.6 Å². The molecule has 1 heterocycles. The van der Waals surface area contributed by atoms with Crippen molar-refractivity contribution in [2.75, 3.05) is 7.05 Å². The Morgan fingerprint density at radius 2 is 1.81 bits per heavy atom. The first-order valence-corrected chi connectivity index (χ1v) is 8.23. The van der Waals surface area contributed by atoms with Crippen LogP contribution >= 0.6 is 11.6 Å². The number of benzene rings is 2. The number of nitrogens with zero attached hydrogens (tertiary/aromatic N) is 4. The maximum atomic E-state index is 13.2. The van der Waals surface area contributed by atoms with Crippen molar-refractivity contribution >= 4 is 17.5 Å². The highest BCUT2D eigenvalue weighted by atomic mass is 35.5. The Hall–Kier alpha value is -2.87. The molecule has 0 aliphatic heterocycles. The number of para-hydroxylation sites is 1. The molecule has 0 atom stereocenters. The molecular weight excluding hydrogens is 381 g/mol. The second-order valence-electron chi connectivity index (χ2n) is 5.82. The van der Waals surface area contributed by atoms with Crippen molar-refractivity contribution < 1.29 is 18.0 Å². The Kier molecular flexibility index (Phi) is 5.18. The quantitative estimate of drug-likeness (QED) is 0.666. The fraction of sp³-hybridized carbons (Fsp3) is 0.167. The summed E-state index contributed by atoms with van der Waals surface area (Å²) in [5.74, 6) is -0.481. The van der Waals surface area contributed by atoms with Gasteiger partial charge in [-0.05, 0) is 23.8 Å². The van der Waals surface area contributed by atoms with Crippen LogP contribution in [0.4, 0.5) is 13.2 Å². The summed E-state index contributed by atoms with van der Waals surface area (Å²) in [7, 11) is 1.55. The van der Waals surface area contributed by atoms with Crippen LogP contribution in [0.2, 0.25) is 5.02 Å². The molecule has 3 rings (SSSR count). The molecule has 0 fully saturated rings. The van der Waals surface area contributed by atoms with Crippen LogP contribution in [-0.2, 0) is 12.7 Å². The zero-order valence-electron chi connectivity index (χ0n) is 14.1. The van der Waals surface area contributed by atoms with E-state index in [0.29, 0.717) is 5.02 Å². The first-order chi connectivity index (χ1) is 12.8. The third-order valence-corrected chi connectivity index (χ3v) is 4.25. The number of carbonyl (C=O) groups is 1. The van der Waals surface area contributed by atoms with Gasteiger partial charge in [0.15, 0.2) is 5.69 Å². The minimum atomic E-state index is -4.55. The topological polar surface area (TPSA) is 51.0 Å². The number of carbonyl (C=O) groups excluding carboxylic acids is 1. The van der Waals surface area contributed by atoms with Crippen molar-refractivity contribution in [3.05, 3.63) is 76.6 Å². The molecule has 5 nitrogen and oxygen atoms in total. The lowest BCUT2D eigenvalue weighted by Crippen LogP contribution is -2.26. The lowest BCUT2D eigenvalue weighted by molar-refractivity contribution is -0.137. The second kappa shape index (κ2) is 7.40. The third-order valence-electron chi connectivity index (χ3n) is 3.88.